The Hall–Kier alpha value is -3.34. The lowest BCUT2D eigenvalue weighted by molar-refractivity contribution is -0.127. The number of ether oxygens (including phenoxy) is 1. The maximum Gasteiger partial charge on any atom is 0.338 e. The number of Topliss-reactive ketones (excluding diaryl/α,β-unsaturated/α-hetero) is 1. The van der Waals surface area contributed by atoms with Crippen molar-refractivity contribution in [3.05, 3.63) is 64.7 Å². The van der Waals surface area contributed by atoms with Gasteiger partial charge in [0.2, 0.25) is 0 Å². The van der Waals surface area contributed by atoms with E-state index in [2.05, 4.69) is 28.5 Å². The molecule has 3 aliphatic rings. The molecule has 5 rings (SSSR count). The zero-order valence-corrected chi connectivity index (χ0v) is 25.9. The van der Waals surface area contributed by atoms with E-state index in [-0.39, 0.29) is 36.4 Å². The zero-order valence-electron chi connectivity index (χ0n) is 25.1. The number of cyclic esters (lactones) is 1. The van der Waals surface area contributed by atoms with Crippen LogP contribution in [0, 0.1) is 0 Å². The van der Waals surface area contributed by atoms with Crippen molar-refractivity contribution >= 4 is 40.7 Å². The van der Waals surface area contributed by atoms with Gasteiger partial charge in [-0.2, -0.15) is 0 Å². The number of esters is 1. The van der Waals surface area contributed by atoms with Gasteiger partial charge in [0.05, 0.1) is 17.8 Å². The molecule has 2 aromatic rings. The minimum absolute atomic E-state index is 0.0416. The average molecular weight is 592 g/mol. The Bertz CT molecular complexity index is 1380. The van der Waals surface area contributed by atoms with Crippen LogP contribution in [-0.2, 0) is 16.1 Å². The Labute approximate surface area is 253 Å². The van der Waals surface area contributed by atoms with Crippen LogP contribution in [0.1, 0.15) is 77.8 Å². The monoisotopic (exact) mass is 591 g/mol. The third kappa shape index (κ3) is 5.67. The maximum absolute atomic E-state index is 14.1. The molecule has 0 aliphatic carbocycles. The van der Waals surface area contributed by atoms with Gasteiger partial charge in [-0.1, -0.05) is 25.5 Å². The molecular formula is C32H41N5O4S. The summed E-state index contributed by atoms with van der Waals surface area (Å²) in [6.07, 6.45) is 2.20. The van der Waals surface area contributed by atoms with Gasteiger partial charge in [0, 0.05) is 50.5 Å². The maximum atomic E-state index is 14.1. The molecule has 3 heterocycles. The highest BCUT2D eigenvalue weighted by Crippen LogP contribution is 2.37. The van der Waals surface area contributed by atoms with Gasteiger partial charge in [0.25, 0.3) is 5.91 Å². The van der Waals surface area contributed by atoms with Crippen LogP contribution in [0.15, 0.2) is 42.5 Å². The van der Waals surface area contributed by atoms with Crippen LogP contribution in [0.5, 0.6) is 0 Å². The Morgan fingerprint density at radius 3 is 2.55 bits per heavy atom. The lowest BCUT2D eigenvalue weighted by Crippen LogP contribution is -2.65. The molecule has 42 heavy (non-hydrogen) atoms. The van der Waals surface area contributed by atoms with Crippen molar-refractivity contribution in [2.45, 2.75) is 70.3 Å². The molecule has 2 fully saturated rings. The summed E-state index contributed by atoms with van der Waals surface area (Å²) in [4.78, 5) is 45.5. The minimum atomic E-state index is -0.886. The van der Waals surface area contributed by atoms with E-state index in [4.69, 9.17) is 17.0 Å². The van der Waals surface area contributed by atoms with Crippen LogP contribution in [0.2, 0.25) is 0 Å². The van der Waals surface area contributed by atoms with Gasteiger partial charge < -0.3 is 25.2 Å². The fraction of sp³-hybridized carbons (Fsp3) is 0.500. The fourth-order valence-corrected chi connectivity index (χ4v) is 6.88. The predicted molar refractivity (Wildman–Crippen MR) is 167 cm³/mol. The van der Waals surface area contributed by atoms with E-state index in [1.54, 1.807) is 0 Å². The van der Waals surface area contributed by atoms with Gasteiger partial charge in [-0.25, -0.2) is 4.79 Å². The van der Waals surface area contributed by atoms with E-state index in [0.717, 1.165) is 36.2 Å². The number of carbonyl (C=O) groups is 3. The number of hydrogen-bond acceptors (Lipinski definition) is 8. The Morgan fingerprint density at radius 2 is 1.90 bits per heavy atom. The molecule has 10 heteroatoms. The molecule has 3 atom stereocenters. The van der Waals surface area contributed by atoms with Gasteiger partial charge in [-0.15, -0.1) is 0 Å². The standard InChI is InChI=1S/C32H41N5O4S/c1-6-7-21(22-10-13-25-23(16-22)19-41-29(25)39)17-27(37-31(42)34-30(40)32(37,2)3)36-15-14-33-18-26(36)28(38)20-8-11-24(12-9-20)35(4)5/h8-13,16,21,26-27,33H,6-7,14-15,17-19H2,1-5H3,(H,34,40,42). The summed E-state index contributed by atoms with van der Waals surface area (Å²) in [5, 5.41) is 6.70. The third-order valence-electron chi connectivity index (χ3n) is 8.85. The first-order valence-corrected chi connectivity index (χ1v) is 15.2. The minimum Gasteiger partial charge on any atom is -0.457 e. The molecule has 2 saturated heterocycles. The van der Waals surface area contributed by atoms with Crippen LogP contribution in [0.25, 0.3) is 0 Å². The molecular weight excluding hydrogens is 550 g/mol. The van der Waals surface area contributed by atoms with Crippen molar-refractivity contribution in [2.24, 2.45) is 0 Å². The van der Waals surface area contributed by atoms with E-state index in [0.29, 0.717) is 35.7 Å². The van der Waals surface area contributed by atoms with Crippen molar-refractivity contribution in [3.63, 3.8) is 0 Å². The number of hydrogen-bond donors (Lipinski definition) is 2. The van der Waals surface area contributed by atoms with Crippen molar-refractivity contribution in [3.8, 4) is 0 Å². The molecule has 1 amide bonds. The number of piperazine rings is 1. The van der Waals surface area contributed by atoms with E-state index in [1.807, 2.05) is 74.1 Å². The second kappa shape index (κ2) is 12.1. The van der Waals surface area contributed by atoms with Gasteiger partial charge in [-0.05, 0) is 80.7 Å². The van der Waals surface area contributed by atoms with Crippen LogP contribution >= 0.6 is 12.2 Å². The predicted octanol–water partition coefficient (Wildman–Crippen LogP) is 3.67. The number of nitrogens with zero attached hydrogens (tertiary/aromatic N) is 3. The van der Waals surface area contributed by atoms with Crippen molar-refractivity contribution < 1.29 is 19.1 Å². The largest absolute Gasteiger partial charge is 0.457 e. The smallest absolute Gasteiger partial charge is 0.338 e. The van der Waals surface area contributed by atoms with Gasteiger partial charge >= 0.3 is 5.97 Å². The van der Waals surface area contributed by atoms with E-state index in [1.165, 1.54) is 0 Å². The highest BCUT2D eigenvalue weighted by Gasteiger charge is 2.50. The fourth-order valence-electron chi connectivity index (χ4n) is 6.44. The summed E-state index contributed by atoms with van der Waals surface area (Å²) in [7, 11) is 3.95. The lowest BCUT2D eigenvalue weighted by Gasteiger charge is -2.48. The highest BCUT2D eigenvalue weighted by atomic mass is 32.1. The highest BCUT2D eigenvalue weighted by molar-refractivity contribution is 7.80. The first-order valence-electron chi connectivity index (χ1n) is 14.8. The SMILES string of the molecule is CCCC(CC(N1CCNCC1C(=O)c1ccc(N(C)C)cc1)N1C(=S)NC(=O)C1(C)C)c1ccc2c(c1)COC2=O. The van der Waals surface area contributed by atoms with Gasteiger partial charge in [-0.3, -0.25) is 14.5 Å². The summed E-state index contributed by atoms with van der Waals surface area (Å²) in [6, 6.07) is 13.2. The van der Waals surface area contributed by atoms with Crippen LogP contribution in [0.4, 0.5) is 5.69 Å². The Balaban J connectivity index is 1.53. The summed E-state index contributed by atoms with van der Waals surface area (Å²) in [5.74, 6) is -0.272. The molecule has 3 unspecified atom stereocenters. The van der Waals surface area contributed by atoms with E-state index in [9.17, 15) is 14.4 Å². The van der Waals surface area contributed by atoms with Crippen molar-refractivity contribution in [2.75, 3.05) is 38.6 Å². The molecule has 0 radical (unpaired) electrons. The number of fused-ring (bicyclic) bond motifs is 1. The number of thiocarbonyl (C=S) groups is 1. The average Bonchev–Trinajstić information content (AvgIpc) is 3.44. The quantitative estimate of drug-likeness (QED) is 0.244. The number of rotatable bonds is 10. The Morgan fingerprint density at radius 1 is 1.17 bits per heavy atom. The molecule has 0 saturated carbocycles. The van der Waals surface area contributed by atoms with Crippen molar-refractivity contribution in [1.29, 1.82) is 0 Å². The van der Waals surface area contributed by atoms with Crippen LogP contribution in [0.3, 0.4) is 0 Å². The van der Waals surface area contributed by atoms with Crippen LogP contribution < -0.4 is 15.5 Å². The number of nitrogens with one attached hydrogen (secondary N) is 2. The number of benzene rings is 2. The number of anilines is 1. The number of amides is 1. The number of carbonyl (C=O) groups excluding carboxylic acids is 3. The van der Waals surface area contributed by atoms with E-state index < -0.39 is 11.6 Å². The second-order valence-corrected chi connectivity index (χ2v) is 12.5. The number of ketones is 1. The molecule has 2 N–H and O–H groups in total. The molecule has 0 aromatic heterocycles. The topological polar surface area (TPSA) is 94.2 Å². The summed E-state index contributed by atoms with van der Waals surface area (Å²) in [5.41, 5.74) is 3.45. The van der Waals surface area contributed by atoms with E-state index >= 15 is 0 Å². The van der Waals surface area contributed by atoms with Gasteiger partial charge in [0.1, 0.15) is 12.1 Å². The summed E-state index contributed by atoms with van der Waals surface area (Å²) >= 11 is 5.77. The molecule has 0 bridgehead atoms. The zero-order chi connectivity index (χ0) is 30.2. The first-order chi connectivity index (χ1) is 20.0. The first kappa shape index (κ1) is 30.1. The lowest BCUT2D eigenvalue weighted by atomic mass is 9.86. The summed E-state index contributed by atoms with van der Waals surface area (Å²) in [6.45, 7) is 8.08. The Kier molecular flexibility index (Phi) is 8.68. The normalized spacial score (nSPS) is 21.5. The molecule has 9 nitrogen and oxygen atoms in total. The molecule has 2 aromatic carbocycles. The van der Waals surface area contributed by atoms with Crippen LogP contribution in [-0.4, -0.2) is 84.0 Å². The molecule has 3 aliphatic heterocycles. The molecule has 224 valence electrons. The second-order valence-electron chi connectivity index (χ2n) is 12.1. The summed E-state index contributed by atoms with van der Waals surface area (Å²) < 4.78 is 5.27. The third-order valence-corrected chi connectivity index (χ3v) is 9.14. The molecule has 0 spiro atoms. The van der Waals surface area contributed by atoms with Crippen molar-refractivity contribution in [1.82, 2.24) is 20.4 Å². The van der Waals surface area contributed by atoms with Gasteiger partial charge in [0.15, 0.2) is 10.9 Å².